The van der Waals surface area contributed by atoms with Gasteiger partial charge in [-0.25, -0.2) is 0 Å². The minimum atomic E-state index is 0.678. The first-order valence-corrected chi connectivity index (χ1v) is 7.29. The fourth-order valence-corrected chi connectivity index (χ4v) is 2.81. The van der Waals surface area contributed by atoms with Crippen LogP contribution >= 0.6 is 0 Å². The van der Waals surface area contributed by atoms with E-state index in [0.29, 0.717) is 6.04 Å². The zero-order valence-corrected chi connectivity index (χ0v) is 13.0. The van der Waals surface area contributed by atoms with Gasteiger partial charge in [0.1, 0.15) is 0 Å². The van der Waals surface area contributed by atoms with Gasteiger partial charge in [0, 0.05) is 12.6 Å². The van der Waals surface area contributed by atoms with Crippen molar-refractivity contribution in [3.8, 4) is 11.5 Å². The molecule has 1 aromatic carbocycles. The van der Waals surface area contributed by atoms with Gasteiger partial charge in [0.25, 0.3) is 0 Å². The highest BCUT2D eigenvalue weighted by Gasteiger charge is 2.19. The molecule has 1 N–H and O–H groups in total. The Balaban J connectivity index is 2.06. The number of piperidine rings is 1. The van der Waals surface area contributed by atoms with Gasteiger partial charge in [0.2, 0.25) is 0 Å². The second kappa shape index (κ2) is 6.95. The van der Waals surface area contributed by atoms with Crippen molar-refractivity contribution >= 4 is 0 Å². The van der Waals surface area contributed by atoms with E-state index in [0.717, 1.165) is 31.1 Å². The summed E-state index contributed by atoms with van der Waals surface area (Å²) >= 11 is 0. The summed E-state index contributed by atoms with van der Waals surface area (Å²) in [4.78, 5) is 2.52. The van der Waals surface area contributed by atoms with Crippen LogP contribution in [0, 0.1) is 6.92 Å². The molecule has 2 rings (SSSR count). The minimum absolute atomic E-state index is 0.678. The summed E-state index contributed by atoms with van der Waals surface area (Å²) in [5.74, 6) is 1.63. The Kier molecular flexibility index (Phi) is 5.26. The van der Waals surface area contributed by atoms with Crippen molar-refractivity contribution < 1.29 is 9.47 Å². The van der Waals surface area contributed by atoms with Gasteiger partial charge in [-0.1, -0.05) is 0 Å². The maximum atomic E-state index is 5.40. The molecule has 0 aromatic heterocycles. The van der Waals surface area contributed by atoms with E-state index in [1.165, 1.54) is 24.0 Å². The number of nitrogens with zero attached hydrogens (tertiary/aromatic N) is 1. The van der Waals surface area contributed by atoms with Crippen molar-refractivity contribution in [3.05, 3.63) is 23.3 Å². The highest BCUT2D eigenvalue weighted by molar-refractivity contribution is 5.47. The molecule has 4 nitrogen and oxygen atoms in total. The Bertz CT molecular complexity index is 440. The van der Waals surface area contributed by atoms with E-state index in [1.54, 1.807) is 14.2 Å². The first-order valence-electron chi connectivity index (χ1n) is 7.29. The first kappa shape index (κ1) is 15.1. The quantitative estimate of drug-likeness (QED) is 0.895. The molecule has 4 heteroatoms. The predicted octanol–water partition coefficient (Wildman–Crippen LogP) is 2.20. The topological polar surface area (TPSA) is 33.7 Å². The van der Waals surface area contributed by atoms with Gasteiger partial charge in [-0.15, -0.1) is 0 Å². The van der Waals surface area contributed by atoms with Crippen molar-refractivity contribution in [3.63, 3.8) is 0 Å². The van der Waals surface area contributed by atoms with Crippen molar-refractivity contribution in [1.82, 2.24) is 10.2 Å². The summed E-state index contributed by atoms with van der Waals surface area (Å²) in [5.41, 5.74) is 2.59. The number of benzene rings is 1. The normalized spacial score (nSPS) is 17.2. The number of aryl methyl sites for hydroxylation is 1. The van der Waals surface area contributed by atoms with Crippen molar-refractivity contribution in [1.29, 1.82) is 0 Å². The summed E-state index contributed by atoms with van der Waals surface area (Å²) in [5, 5.41) is 3.37. The maximum Gasteiger partial charge on any atom is 0.161 e. The summed E-state index contributed by atoms with van der Waals surface area (Å²) in [6.45, 7) is 5.43. The van der Waals surface area contributed by atoms with Crippen molar-refractivity contribution in [2.75, 3.05) is 34.4 Å². The van der Waals surface area contributed by atoms with Gasteiger partial charge in [0.15, 0.2) is 11.5 Å². The molecule has 0 saturated carbocycles. The van der Waals surface area contributed by atoms with Gasteiger partial charge in [-0.2, -0.15) is 0 Å². The lowest BCUT2D eigenvalue weighted by Gasteiger charge is -2.32. The molecule has 0 aliphatic carbocycles. The number of ether oxygens (including phenoxy) is 2. The van der Waals surface area contributed by atoms with Gasteiger partial charge in [0.05, 0.1) is 14.2 Å². The van der Waals surface area contributed by atoms with E-state index in [9.17, 15) is 0 Å². The standard InChI is InChI=1S/C16H26N2O2/c1-12-9-15(19-3)16(20-4)10-13(12)11-18-7-5-14(17-2)6-8-18/h9-10,14,17H,5-8,11H2,1-4H3. The summed E-state index contributed by atoms with van der Waals surface area (Å²) in [7, 11) is 5.42. The fourth-order valence-electron chi connectivity index (χ4n) is 2.81. The van der Waals surface area contributed by atoms with Crippen LogP contribution in [0.25, 0.3) is 0 Å². The molecule has 0 amide bonds. The first-order chi connectivity index (χ1) is 9.67. The van der Waals surface area contributed by atoms with E-state index < -0.39 is 0 Å². The molecule has 0 spiro atoms. The molecule has 1 aliphatic heterocycles. The third kappa shape index (κ3) is 3.44. The van der Waals surface area contributed by atoms with Crippen LogP contribution in [0.1, 0.15) is 24.0 Å². The predicted molar refractivity (Wildman–Crippen MR) is 81.6 cm³/mol. The average molecular weight is 278 g/mol. The second-order valence-corrected chi connectivity index (χ2v) is 5.47. The molecule has 1 saturated heterocycles. The number of hydrogen-bond acceptors (Lipinski definition) is 4. The molecule has 0 bridgehead atoms. The minimum Gasteiger partial charge on any atom is -0.493 e. The molecule has 1 aromatic rings. The van der Waals surface area contributed by atoms with Crippen LogP contribution in [0.4, 0.5) is 0 Å². The van der Waals surface area contributed by atoms with E-state index in [4.69, 9.17) is 9.47 Å². The van der Waals surface area contributed by atoms with Gasteiger partial charge < -0.3 is 14.8 Å². The zero-order valence-electron chi connectivity index (χ0n) is 13.0. The van der Waals surface area contributed by atoms with Crippen LogP contribution < -0.4 is 14.8 Å². The summed E-state index contributed by atoms with van der Waals surface area (Å²) < 4.78 is 10.7. The van der Waals surface area contributed by atoms with E-state index >= 15 is 0 Å². The van der Waals surface area contributed by atoms with Crippen LogP contribution in [-0.2, 0) is 6.54 Å². The maximum absolute atomic E-state index is 5.40. The Morgan fingerprint density at radius 2 is 1.75 bits per heavy atom. The zero-order chi connectivity index (χ0) is 14.5. The molecule has 112 valence electrons. The molecule has 20 heavy (non-hydrogen) atoms. The lowest BCUT2D eigenvalue weighted by Crippen LogP contribution is -2.40. The molecule has 0 radical (unpaired) electrons. The molecule has 1 fully saturated rings. The molecular formula is C16H26N2O2. The number of nitrogens with one attached hydrogen (secondary N) is 1. The molecule has 1 aliphatic rings. The SMILES string of the molecule is CNC1CCN(Cc2cc(OC)c(OC)cc2C)CC1. The van der Waals surface area contributed by atoms with Crippen molar-refractivity contribution in [2.24, 2.45) is 0 Å². The fraction of sp³-hybridized carbons (Fsp3) is 0.625. The highest BCUT2D eigenvalue weighted by Crippen LogP contribution is 2.31. The smallest absolute Gasteiger partial charge is 0.161 e. The molecule has 1 heterocycles. The van der Waals surface area contributed by atoms with Crippen LogP contribution in [0.15, 0.2) is 12.1 Å². The van der Waals surface area contributed by atoms with E-state index in [2.05, 4.69) is 36.3 Å². The lowest BCUT2D eigenvalue weighted by atomic mass is 10.0. The van der Waals surface area contributed by atoms with E-state index in [1.807, 2.05) is 0 Å². The van der Waals surface area contributed by atoms with Gasteiger partial charge >= 0.3 is 0 Å². The number of hydrogen-bond donors (Lipinski definition) is 1. The Morgan fingerprint density at radius 3 is 2.30 bits per heavy atom. The van der Waals surface area contributed by atoms with E-state index in [-0.39, 0.29) is 0 Å². The lowest BCUT2D eigenvalue weighted by molar-refractivity contribution is 0.194. The summed E-state index contributed by atoms with van der Waals surface area (Å²) in [6, 6.07) is 4.85. The Hall–Kier alpha value is -1.26. The third-order valence-corrected chi connectivity index (χ3v) is 4.23. The molecule has 0 unspecified atom stereocenters. The highest BCUT2D eigenvalue weighted by atomic mass is 16.5. The molecular weight excluding hydrogens is 252 g/mol. The van der Waals surface area contributed by atoms with Gasteiger partial charge in [-0.05, 0) is 63.2 Å². The van der Waals surface area contributed by atoms with Crippen LogP contribution in [-0.4, -0.2) is 45.3 Å². The Labute approximate surface area is 122 Å². The van der Waals surface area contributed by atoms with Crippen molar-refractivity contribution in [2.45, 2.75) is 32.4 Å². The van der Waals surface area contributed by atoms with Crippen LogP contribution in [0.2, 0.25) is 0 Å². The second-order valence-electron chi connectivity index (χ2n) is 5.47. The van der Waals surface area contributed by atoms with Crippen LogP contribution in [0.5, 0.6) is 11.5 Å². The number of rotatable bonds is 5. The summed E-state index contributed by atoms with van der Waals surface area (Å²) in [6.07, 6.45) is 2.45. The largest absolute Gasteiger partial charge is 0.493 e. The number of likely N-dealkylation sites (tertiary alicyclic amines) is 1. The Morgan fingerprint density at radius 1 is 1.15 bits per heavy atom. The third-order valence-electron chi connectivity index (χ3n) is 4.23. The molecule has 0 atom stereocenters. The van der Waals surface area contributed by atoms with Gasteiger partial charge in [-0.3, -0.25) is 4.90 Å². The number of methoxy groups -OCH3 is 2. The monoisotopic (exact) mass is 278 g/mol. The average Bonchev–Trinajstić information content (AvgIpc) is 2.49. The van der Waals surface area contributed by atoms with Crippen LogP contribution in [0.3, 0.4) is 0 Å².